The van der Waals surface area contributed by atoms with E-state index in [2.05, 4.69) is 5.10 Å². The predicted molar refractivity (Wildman–Crippen MR) is 64.3 cm³/mol. The molecular weight excluding hydrogens is 236 g/mol. The molecule has 6 nitrogen and oxygen atoms in total. The number of aliphatic carboxylic acids is 1. The summed E-state index contributed by atoms with van der Waals surface area (Å²) in [6.45, 7) is 0. The van der Waals surface area contributed by atoms with E-state index in [0.29, 0.717) is 11.4 Å². The van der Waals surface area contributed by atoms with Crippen molar-refractivity contribution < 1.29 is 14.6 Å². The summed E-state index contributed by atoms with van der Waals surface area (Å²) in [4.78, 5) is 22.6. The number of carboxylic acids is 1. The molecule has 0 bridgehead atoms. The van der Waals surface area contributed by atoms with E-state index in [0.717, 1.165) is 0 Å². The fraction of sp³-hybridized carbons (Fsp3) is 0.167. The number of aromatic amines is 1. The van der Waals surface area contributed by atoms with Gasteiger partial charge in [0.25, 0.3) is 5.56 Å². The molecule has 0 saturated heterocycles. The Balaban J connectivity index is 2.49. The molecule has 1 aromatic carbocycles. The molecule has 0 aliphatic heterocycles. The van der Waals surface area contributed by atoms with Gasteiger partial charge in [-0.2, -0.15) is 0 Å². The number of aromatic nitrogens is 2. The van der Waals surface area contributed by atoms with Crippen molar-refractivity contribution in [3.05, 3.63) is 46.4 Å². The molecule has 0 unspecified atom stereocenters. The molecule has 0 amide bonds. The van der Waals surface area contributed by atoms with Crippen LogP contribution in [0.4, 0.5) is 0 Å². The highest BCUT2D eigenvalue weighted by Crippen LogP contribution is 2.19. The summed E-state index contributed by atoms with van der Waals surface area (Å²) in [5.74, 6) is -0.512. The third-order valence-corrected chi connectivity index (χ3v) is 2.51. The van der Waals surface area contributed by atoms with E-state index in [9.17, 15) is 9.59 Å². The number of rotatable bonds is 4. The van der Waals surface area contributed by atoms with Crippen molar-refractivity contribution in [2.75, 3.05) is 7.11 Å². The topological polar surface area (TPSA) is 84.3 Å². The number of H-pyrrole nitrogens is 1. The summed E-state index contributed by atoms with van der Waals surface area (Å²) in [7, 11) is 1.50. The summed E-state index contributed by atoms with van der Waals surface area (Å²) < 4.78 is 6.41. The number of methoxy groups -OCH3 is 1. The molecule has 2 rings (SSSR count). The van der Waals surface area contributed by atoms with Crippen molar-refractivity contribution >= 4 is 5.97 Å². The number of benzene rings is 1. The van der Waals surface area contributed by atoms with Gasteiger partial charge in [0.15, 0.2) is 0 Å². The highest BCUT2D eigenvalue weighted by molar-refractivity contribution is 5.69. The van der Waals surface area contributed by atoms with Crippen LogP contribution in [0.1, 0.15) is 5.56 Å². The van der Waals surface area contributed by atoms with Crippen LogP contribution in [0.25, 0.3) is 5.69 Å². The highest BCUT2D eigenvalue weighted by Gasteiger charge is 2.13. The van der Waals surface area contributed by atoms with Crippen molar-refractivity contribution in [3.8, 4) is 11.4 Å². The summed E-state index contributed by atoms with van der Waals surface area (Å²) in [5, 5.41) is 11.4. The number of hydrogen-bond acceptors (Lipinski definition) is 3. The van der Waals surface area contributed by atoms with Gasteiger partial charge in [-0.1, -0.05) is 12.1 Å². The minimum atomic E-state index is -1.04. The molecule has 0 saturated carbocycles. The van der Waals surface area contributed by atoms with E-state index in [1.807, 2.05) is 0 Å². The van der Waals surface area contributed by atoms with Gasteiger partial charge in [-0.3, -0.25) is 14.7 Å². The third kappa shape index (κ3) is 2.13. The van der Waals surface area contributed by atoms with Crippen molar-refractivity contribution in [2.24, 2.45) is 0 Å². The van der Waals surface area contributed by atoms with Gasteiger partial charge in [0.1, 0.15) is 11.4 Å². The van der Waals surface area contributed by atoms with Gasteiger partial charge in [-0.05, 0) is 12.1 Å². The summed E-state index contributed by atoms with van der Waals surface area (Å²) in [5.41, 5.74) is 0.358. The maximum Gasteiger partial charge on any atom is 0.308 e. The standard InChI is InChI=1S/C12H12N2O4/c1-18-10-5-3-2-4-9(10)14-12(17)8(7-13-14)6-11(15)16/h2-5,7,13H,6H2,1H3,(H,15,16). The number of hydrogen-bond donors (Lipinski definition) is 2. The monoisotopic (exact) mass is 248 g/mol. The Labute approximate surface area is 102 Å². The number of para-hydroxylation sites is 2. The molecule has 2 N–H and O–H groups in total. The number of carboxylic acid groups (broad SMARTS) is 1. The van der Waals surface area contributed by atoms with Crippen LogP contribution in [0, 0.1) is 0 Å². The van der Waals surface area contributed by atoms with Crippen molar-refractivity contribution in [1.82, 2.24) is 9.78 Å². The van der Waals surface area contributed by atoms with E-state index in [4.69, 9.17) is 9.84 Å². The predicted octanol–water partition coefficient (Wildman–Crippen LogP) is 0.801. The lowest BCUT2D eigenvalue weighted by atomic mass is 10.2. The molecule has 94 valence electrons. The van der Waals surface area contributed by atoms with E-state index >= 15 is 0 Å². The van der Waals surface area contributed by atoms with Gasteiger partial charge < -0.3 is 9.84 Å². The van der Waals surface area contributed by atoms with Crippen LogP contribution < -0.4 is 10.3 Å². The first-order chi connectivity index (χ1) is 8.63. The molecule has 0 atom stereocenters. The molecule has 0 fully saturated rings. The van der Waals surface area contributed by atoms with Gasteiger partial charge in [0.05, 0.1) is 13.5 Å². The van der Waals surface area contributed by atoms with E-state index in [1.54, 1.807) is 24.3 Å². The van der Waals surface area contributed by atoms with Crippen molar-refractivity contribution in [3.63, 3.8) is 0 Å². The molecule has 0 spiro atoms. The first kappa shape index (κ1) is 12.0. The molecule has 6 heteroatoms. The Kier molecular flexibility index (Phi) is 3.18. The van der Waals surface area contributed by atoms with Crippen LogP contribution in [0.3, 0.4) is 0 Å². The lowest BCUT2D eigenvalue weighted by Crippen LogP contribution is -2.19. The SMILES string of the molecule is COc1ccccc1-n1[nH]cc(CC(=O)O)c1=O. The van der Waals surface area contributed by atoms with E-state index < -0.39 is 5.97 Å². The molecule has 1 heterocycles. The molecule has 1 aromatic heterocycles. The number of ether oxygens (including phenoxy) is 1. The van der Waals surface area contributed by atoms with Crippen molar-refractivity contribution in [1.29, 1.82) is 0 Å². The lowest BCUT2D eigenvalue weighted by molar-refractivity contribution is -0.136. The summed E-state index contributed by atoms with van der Waals surface area (Å²) >= 11 is 0. The van der Waals surface area contributed by atoms with Crippen molar-refractivity contribution in [2.45, 2.75) is 6.42 Å². The maximum atomic E-state index is 12.0. The normalized spacial score (nSPS) is 10.3. The number of carbonyl (C=O) groups is 1. The minimum Gasteiger partial charge on any atom is -0.494 e. The van der Waals surface area contributed by atoms with Crippen LogP contribution in [-0.4, -0.2) is 28.0 Å². The third-order valence-electron chi connectivity index (χ3n) is 2.51. The largest absolute Gasteiger partial charge is 0.494 e. The summed E-state index contributed by atoms with van der Waals surface area (Å²) in [6, 6.07) is 6.98. The zero-order valence-corrected chi connectivity index (χ0v) is 9.71. The average Bonchev–Trinajstić information content (AvgIpc) is 2.70. The van der Waals surface area contributed by atoms with Gasteiger partial charge in [0, 0.05) is 11.8 Å². The van der Waals surface area contributed by atoms with Gasteiger partial charge in [0.2, 0.25) is 0 Å². The zero-order chi connectivity index (χ0) is 13.1. The van der Waals surface area contributed by atoms with Crippen LogP contribution in [-0.2, 0) is 11.2 Å². The minimum absolute atomic E-state index is 0.202. The molecule has 2 aromatic rings. The molecular formula is C12H12N2O4. The molecule has 0 radical (unpaired) electrons. The van der Waals surface area contributed by atoms with Crippen LogP contribution >= 0.6 is 0 Å². The van der Waals surface area contributed by atoms with Gasteiger partial charge >= 0.3 is 5.97 Å². The maximum absolute atomic E-state index is 12.0. The van der Waals surface area contributed by atoms with Gasteiger partial charge in [-0.25, -0.2) is 4.68 Å². The molecule has 0 aliphatic carbocycles. The Morgan fingerprint density at radius 1 is 1.44 bits per heavy atom. The smallest absolute Gasteiger partial charge is 0.308 e. The number of nitrogens with zero attached hydrogens (tertiary/aromatic N) is 1. The molecule has 18 heavy (non-hydrogen) atoms. The zero-order valence-electron chi connectivity index (χ0n) is 9.71. The number of nitrogens with one attached hydrogen (secondary N) is 1. The van der Waals surface area contributed by atoms with Gasteiger partial charge in [-0.15, -0.1) is 0 Å². The first-order valence-electron chi connectivity index (χ1n) is 5.28. The second-order valence-electron chi connectivity index (χ2n) is 3.68. The Hall–Kier alpha value is -2.50. The van der Waals surface area contributed by atoms with E-state index in [-0.39, 0.29) is 17.5 Å². The fourth-order valence-electron chi connectivity index (χ4n) is 1.69. The van der Waals surface area contributed by atoms with E-state index in [1.165, 1.54) is 18.0 Å². The fourth-order valence-corrected chi connectivity index (χ4v) is 1.69. The highest BCUT2D eigenvalue weighted by atomic mass is 16.5. The quantitative estimate of drug-likeness (QED) is 0.838. The van der Waals surface area contributed by atoms with Crippen LogP contribution in [0.2, 0.25) is 0 Å². The van der Waals surface area contributed by atoms with Crippen LogP contribution in [0.5, 0.6) is 5.75 Å². The Bertz CT molecular complexity index is 627. The Morgan fingerprint density at radius 3 is 2.83 bits per heavy atom. The van der Waals surface area contributed by atoms with Crippen LogP contribution in [0.15, 0.2) is 35.3 Å². The Morgan fingerprint density at radius 2 is 2.17 bits per heavy atom. The second kappa shape index (κ2) is 4.79. The molecule has 0 aliphatic rings. The second-order valence-corrected chi connectivity index (χ2v) is 3.68. The first-order valence-corrected chi connectivity index (χ1v) is 5.28. The average molecular weight is 248 g/mol. The lowest BCUT2D eigenvalue weighted by Gasteiger charge is -2.07. The summed E-state index contributed by atoms with van der Waals surface area (Å²) in [6.07, 6.45) is 1.08.